The Labute approximate surface area is 122 Å². The van der Waals surface area contributed by atoms with Crippen LogP contribution in [0.1, 0.15) is 0 Å². The first kappa shape index (κ1) is 56.6. The number of halogens is 3. The van der Waals surface area contributed by atoms with Gasteiger partial charge in [-0.1, -0.05) is 0 Å². The summed E-state index contributed by atoms with van der Waals surface area (Å²) in [6.07, 6.45) is 0. The fraction of sp³-hybridized carbons (Fsp3) is 1.00. The summed E-state index contributed by atoms with van der Waals surface area (Å²) in [4.78, 5) is 7.25. The van der Waals surface area contributed by atoms with Crippen molar-refractivity contribution in [1.29, 1.82) is 0 Å². The first-order valence-corrected chi connectivity index (χ1v) is 2.82. The number of nitroso groups, excluding NO2 is 1. The van der Waals surface area contributed by atoms with Crippen LogP contribution in [0.5, 0.6) is 0 Å². The van der Waals surface area contributed by atoms with Crippen molar-refractivity contribution in [3.8, 4) is 0 Å². The minimum atomic E-state index is 0. The fourth-order valence-corrected chi connectivity index (χ4v) is 0. The maximum Gasteiger partial charge on any atom is 3.00 e. The van der Waals surface area contributed by atoms with E-state index in [1.165, 1.54) is 0 Å². The monoisotopic (exact) mass is 376 g/mol. The molecule has 0 fully saturated rings. The van der Waals surface area contributed by atoms with E-state index >= 15 is 0 Å². The third-order valence-corrected chi connectivity index (χ3v) is 0.333. The molecule has 0 bridgehead atoms. The van der Waals surface area contributed by atoms with Crippen molar-refractivity contribution < 1.29 is 62.2 Å². The van der Waals surface area contributed by atoms with Crippen LogP contribution in [0.25, 0.3) is 0 Å². The van der Waals surface area contributed by atoms with E-state index in [0.29, 0.717) is 26.2 Å². The Balaban J connectivity index is -0.00000000726. The average molecular weight is 377 g/mol. The molecule has 0 rings (SSSR count). The van der Waals surface area contributed by atoms with Crippen molar-refractivity contribution in [2.24, 2.45) is 22.9 Å². The van der Waals surface area contributed by atoms with Gasteiger partial charge in [0.15, 0.2) is 0 Å². The van der Waals surface area contributed by atoms with E-state index in [-0.39, 0.29) is 62.2 Å². The molecule has 0 amide bonds. The maximum absolute atomic E-state index is 7.25. The van der Waals surface area contributed by atoms with Crippen LogP contribution in [-0.2, 0) is 25.0 Å². The molecule has 0 saturated heterocycles. The van der Waals surface area contributed by atoms with Gasteiger partial charge in [-0.3, -0.25) is 0 Å². The van der Waals surface area contributed by atoms with E-state index in [4.69, 9.17) is 33.4 Å². The van der Waals surface area contributed by atoms with Gasteiger partial charge in [0.25, 0.3) is 0 Å². The molecular weight excluding hydrogens is 358 g/mol. The Morgan fingerprint density at radius 2 is 0.733 bits per heavy atom. The first-order chi connectivity index (χ1) is 4.83. The van der Waals surface area contributed by atoms with Gasteiger partial charge in [-0.05, 0) is 0 Å². The van der Waals surface area contributed by atoms with Gasteiger partial charge in [0.05, 0.1) is 0 Å². The summed E-state index contributed by atoms with van der Waals surface area (Å²) in [5, 5.41) is 0. The number of hydrogen-bond acceptors (Lipinski definition) is 5. The largest absolute Gasteiger partial charge is 3.00 e. The van der Waals surface area contributed by atoms with Gasteiger partial charge in [-0.15, -0.1) is 4.91 Å². The predicted octanol–water partition coefficient (Wildman–Crippen LogP) is -12.6. The third kappa shape index (κ3) is 296. The van der Waals surface area contributed by atoms with Crippen LogP contribution < -0.4 is 65.7 Å². The molecular formula is C4H19Cl3N5O2Ru+. The standard InChI is InChI=1S/2C2H8N2.3ClH.NO.H2O.Ru/c2*3-1-2-4;;;;1-2;;/h2*1-4H2;3*1H;;1H2;/q;;;;;;;+3/p-2. The van der Waals surface area contributed by atoms with Gasteiger partial charge in [0.1, 0.15) is 5.59 Å². The first-order valence-electron chi connectivity index (χ1n) is 2.82. The summed E-state index contributed by atoms with van der Waals surface area (Å²) >= 11 is 0. The zero-order valence-electron chi connectivity index (χ0n) is 8.06. The van der Waals surface area contributed by atoms with Crippen LogP contribution in [0.2, 0.25) is 0 Å². The number of nitrogens with two attached hydrogens (primary N) is 4. The molecule has 7 nitrogen and oxygen atoms in total. The Morgan fingerprint density at radius 1 is 0.667 bits per heavy atom. The van der Waals surface area contributed by atoms with Gasteiger partial charge < -0.3 is 65.6 Å². The van der Waals surface area contributed by atoms with E-state index in [1.807, 2.05) is 0 Å². The maximum atomic E-state index is 7.25. The van der Waals surface area contributed by atoms with Crippen LogP contribution in [-0.4, -0.2) is 26.2 Å². The number of rotatable bonds is 2. The van der Waals surface area contributed by atoms with Crippen LogP contribution in [0.3, 0.4) is 0 Å². The summed E-state index contributed by atoms with van der Waals surface area (Å²) in [7, 11) is 0. The van der Waals surface area contributed by atoms with Crippen molar-refractivity contribution in [2.45, 2.75) is 0 Å². The van der Waals surface area contributed by atoms with E-state index in [2.05, 4.69) is 0 Å². The van der Waals surface area contributed by atoms with Gasteiger partial charge in [0, 0.05) is 26.2 Å². The van der Waals surface area contributed by atoms with E-state index < -0.39 is 0 Å². The molecule has 0 saturated carbocycles. The normalized spacial score (nSPS) is 4.27. The minimum absolute atomic E-state index is 0. The van der Waals surface area contributed by atoms with E-state index in [9.17, 15) is 0 Å². The molecule has 0 aliphatic heterocycles. The summed E-state index contributed by atoms with van der Waals surface area (Å²) in [6, 6.07) is 0. The van der Waals surface area contributed by atoms with E-state index in [1.54, 1.807) is 0 Å². The van der Waals surface area contributed by atoms with Crippen LogP contribution in [0.4, 0.5) is 0 Å². The second kappa shape index (κ2) is 120. The Hall–Kier alpha value is 0.893. The number of nitrogens with zero attached hydrogens (tertiary/aromatic N) is 1. The second-order valence-electron chi connectivity index (χ2n) is 1.15. The van der Waals surface area contributed by atoms with Crippen molar-refractivity contribution in [3.05, 3.63) is 4.91 Å². The van der Waals surface area contributed by atoms with Crippen molar-refractivity contribution in [1.82, 2.24) is 5.59 Å². The molecule has 0 aliphatic rings. The van der Waals surface area contributed by atoms with Crippen LogP contribution >= 0.6 is 0 Å². The summed E-state index contributed by atoms with van der Waals surface area (Å²) in [5.41, 5.74) is 25.4. The zero-order valence-corrected chi connectivity index (χ0v) is 12.1. The smallest absolute Gasteiger partial charge is 1.00 e. The Bertz CT molecular complexity index is 47.5. The molecule has 0 unspecified atom stereocenters. The van der Waals surface area contributed by atoms with Crippen LogP contribution in [0, 0.1) is 4.91 Å². The Kier molecular flexibility index (Phi) is 453. The zero-order chi connectivity index (χ0) is 8.83. The van der Waals surface area contributed by atoms with E-state index in [0.717, 1.165) is 0 Å². The molecule has 0 aromatic rings. The molecule has 11 heteroatoms. The molecule has 0 aliphatic carbocycles. The van der Waals surface area contributed by atoms with Crippen molar-refractivity contribution in [2.75, 3.05) is 26.2 Å². The predicted molar refractivity (Wildman–Crippen MR) is 46.6 cm³/mol. The molecule has 0 aromatic carbocycles. The SMILES string of the molecule is NCCN.NCCN.[Cl-].[Cl-].[Cl-].[N]=O.[OH3+].[Ru+3]. The molecule has 0 spiro atoms. The average Bonchev–Trinajstić information content (AvgIpc) is 2.08. The Morgan fingerprint density at radius 3 is 0.733 bits per heavy atom. The minimum Gasteiger partial charge on any atom is -1.00 e. The fourth-order valence-electron chi connectivity index (χ4n) is 0. The molecule has 2 radical (unpaired) electrons. The van der Waals surface area contributed by atoms with Gasteiger partial charge in [-0.25, -0.2) is 0 Å². The topological polar surface area (TPSA) is 176 Å². The molecule has 100 valence electrons. The second-order valence-corrected chi connectivity index (χ2v) is 1.15. The van der Waals surface area contributed by atoms with Gasteiger partial charge in [0.2, 0.25) is 0 Å². The third-order valence-electron chi connectivity index (χ3n) is 0.333. The van der Waals surface area contributed by atoms with Gasteiger partial charge >= 0.3 is 19.5 Å². The molecule has 15 heavy (non-hydrogen) atoms. The van der Waals surface area contributed by atoms with Crippen molar-refractivity contribution >= 4 is 0 Å². The molecule has 0 atom stereocenters. The summed E-state index contributed by atoms with van der Waals surface area (Å²) in [6.45, 7) is 2.39. The molecule has 0 aromatic heterocycles. The number of hydrogen-bond donors (Lipinski definition) is 4. The van der Waals surface area contributed by atoms with Crippen molar-refractivity contribution in [3.63, 3.8) is 0 Å². The molecule has 0 heterocycles. The quantitative estimate of drug-likeness (QED) is 0.276. The molecule has 11 N–H and O–H groups in total. The summed E-state index contributed by atoms with van der Waals surface area (Å²) < 4.78 is 0. The van der Waals surface area contributed by atoms with Gasteiger partial charge in [-0.2, -0.15) is 0 Å². The summed E-state index contributed by atoms with van der Waals surface area (Å²) in [5.74, 6) is 0. The van der Waals surface area contributed by atoms with Crippen LogP contribution in [0.15, 0.2) is 0 Å².